The van der Waals surface area contributed by atoms with Gasteiger partial charge in [-0.05, 0) is 90.8 Å². The van der Waals surface area contributed by atoms with E-state index in [-0.39, 0.29) is 17.5 Å². The summed E-state index contributed by atoms with van der Waals surface area (Å²) < 4.78 is 22.8. The molecule has 0 fully saturated rings. The van der Waals surface area contributed by atoms with Gasteiger partial charge in [0, 0.05) is 18.4 Å². The highest BCUT2D eigenvalue weighted by Crippen LogP contribution is 2.43. The lowest BCUT2D eigenvalue weighted by atomic mass is 9.88. The van der Waals surface area contributed by atoms with Crippen molar-refractivity contribution in [2.75, 3.05) is 6.61 Å². The zero-order valence-electron chi connectivity index (χ0n) is 23.8. The minimum atomic E-state index is -0.613. The number of carbonyl (C=O) groups excluding carboxylic acids is 2. The van der Waals surface area contributed by atoms with E-state index in [0.29, 0.717) is 25.2 Å². The van der Waals surface area contributed by atoms with Gasteiger partial charge in [0.2, 0.25) is 0 Å². The van der Waals surface area contributed by atoms with Crippen LogP contribution in [0.15, 0.2) is 0 Å². The molecule has 0 saturated carbocycles. The molecule has 0 unspecified atom stereocenters. The third-order valence-electron chi connectivity index (χ3n) is 6.88. The van der Waals surface area contributed by atoms with Crippen molar-refractivity contribution in [3.05, 3.63) is 22.3 Å². The second-order valence-electron chi connectivity index (χ2n) is 11.2. The van der Waals surface area contributed by atoms with Crippen molar-refractivity contribution in [2.24, 2.45) is 0 Å². The van der Waals surface area contributed by atoms with Gasteiger partial charge in [-0.3, -0.25) is 9.59 Å². The van der Waals surface area contributed by atoms with E-state index in [4.69, 9.17) is 18.9 Å². The van der Waals surface area contributed by atoms with E-state index in [9.17, 15) is 9.59 Å². The fraction of sp³-hybridized carbons (Fsp3) is 0.724. The molecule has 0 amide bonds. The molecule has 6 nitrogen and oxygen atoms in total. The van der Waals surface area contributed by atoms with Gasteiger partial charge in [-0.15, -0.1) is 0 Å². The molecule has 2 rings (SSSR count). The van der Waals surface area contributed by atoms with Gasteiger partial charge < -0.3 is 18.9 Å². The van der Waals surface area contributed by atoms with Crippen LogP contribution in [0.25, 0.3) is 0 Å². The number of carbonyl (C=O) groups is 2. The first-order chi connectivity index (χ1) is 16.9. The van der Waals surface area contributed by atoms with Crippen LogP contribution in [-0.4, -0.2) is 37.2 Å². The summed E-state index contributed by atoms with van der Waals surface area (Å²) >= 11 is 0. The Kier molecular flexibility index (Phi) is 11.3. The fourth-order valence-electron chi connectivity index (χ4n) is 4.58. The molecule has 1 radical (unpaired) electrons. The van der Waals surface area contributed by atoms with Gasteiger partial charge in [-0.1, -0.05) is 32.5 Å². The number of hydrogen-bond acceptors (Lipinski definition) is 6. The molecule has 36 heavy (non-hydrogen) atoms. The van der Waals surface area contributed by atoms with E-state index in [1.807, 2.05) is 34.6 Å². The Morgan fingerprint density at radius 1 is 0.917 bits per heavy atom. The lowest BCUT2D eigenvalue weighted by Crippen LogP contribution is -2.33. The fourth-order valence-corrected chi connectivity index (χ4v) is 4.58. The van der Waals surface area contributed by atoms with Crippen LogP contribution in [0.2, 0.25) is 6.82 Å². The first kappa shape index (κ1) is 30.2. The minimum absolute atomic E-state index is 0.169. The van der Waals surface area contributed by atoms with Crippen LogP contribution >= 0.6 is 0 Å². The van der Waals surface area contributed by atoms with Crippen molar-refractivity contribution in [3.63, 3.8) is 0 Å². The number of esters is 2. The van der Waals surface area contributed by atoms with Crippen LogP contribution in [0.4, 0.5) is 0 Å². The Hall–Kier alpha value is -2.02. The molecule has 0 aromatic heterocycles. The number of ether oxygens (including phenoxy) is 3. The molecule has 1 aromatic carbocycles. The lowest BCUT2D eigenvalue weighted by molar-refractivity contribution is -0.159. The Balaban J connectivity index is 1.68. The molecular formula is C29H46BO6. The monoisotopic (exact) mass is 501 g/mol. The molecule has 0 atom stereocenters. The van der Waals surface area contributed by atoms with E-state index >= 15 is 0 Å². The predicted molar refractivity (Wildman–Crippen MR) is 144 cm³/mol. The first-order valence-electron chi connectivity index (χ1n) is 13.5. The van der Waals surface area contributed by atoms with E-state index in [1.54, 1.807) is 14.3 Å². The van der Waals surface area contributed by atoms with E-state index in [2.05, 4.69) is 13.8 Å². The molecule has 0 aliphatic carbocycles. The molecule has 7 heteroatoms. The summed E-state index contributed by atoms with van der Waals surface area (Å²) in [6, 6.07) is 0. The van der Waals surface area contributed by atoms with E-state index < -0.39 is 5.60 Å². The SMILES string of the molecule is C[B]OCC(C)(C)OC(=O)CCCCCCCCC(=O)Oc1c(C)c(C)c2c(c1C)CCC(C)(C)O2. The Morgan fingerprint density at radius 2 is 1.50 bits per heavy atom. The van der Waals surface area contributed by atoms with Crippen molar-refractivity contribution in [1.29, 1.82) is 0 Å². The zero-order valence-corrected chi connectivity index (χ0v) is 23.8. The van der Waals surface area contributed by atoms with Gasteiger partial charge in [-0.25, -0.2) is 0 Å². The van der Waals surface area contributed by atoms with Crippen molar-refractivity contribution in [2.45, 2.75) is 131 Å². The number of rotatable bonds is 14. The standard InChI is InChI=1S/C29H46BO6/c1-20-21(2)27-23(17-18-28(4,5)36-27)22(3)26(20)34-24(31)15-13-11-9-10-12-14-16-25(32)35-29(6,7)19-33-30-8/h9-19H2,1-8H3. The molecule has 1 heterocycles. The molecule has 1 aliphatic rings. The van der Waals surface area contributed by atoms with Gasteiger partial charge in [0.1, 0.15) is 22.7 Å². The van der Waals surface area contributed by atoms with Gasteiger partial charge in [0.25, 0.3) is 7.48 Å². The summed E-state index contributed by atoms with van der Waals surface area (Å²) in [5.41, 5.74) is 3.45. The van der Waals surface area contributed by atoms with Gasteiger partial charge in [-0.2, -0.15) is 0 Å². The maximum absolute atomic E-state index is 12.6. The predicted octanol–water partition coefficient (Wildman–Crippen LogP) is 6.75. The van der Waals surface area contributed by atoms with Crippen molar-refractivity contribution < 1.29 is 28.5 Å². The molecule has 0 spiro atoms. The molecule has 0 saturated heterocycles. The Morgan fingerprint density at radius 3 is 2.11 bits per heavy atom. The summed E-state index contributed by atoms with van der Waals surface area (Å²) in [6.07, 6.45) is 8.37. The molecule has 201 valence electrons. The lowest BCUT2D eigenvalue weighted by Gasteiger charge is -2.35. The quantitative estimate of drug-likeness (QED) is 0.122. The molecular weight excluding hydrogens is 455 g/mol. The smallest absolute Gasteiger partial charge is 0.311 e. The largest absolute Gasteiger partial charge is 0.487 e. The molecule has 1 aliphatic heterocycles. The van der Waals surface area contributed by atoms with Crippen LogP contribution < -0.4 is 9.47 Å². The number of hydrogen-bond donors (Lipinski definition) is 0. The molecule has 0 N–H and O–H groups in total. The van der Waals surface area contributed by atoms with Crippen LogP contribution in [-0.2, 0) is 25.4 Å². The van der Waals surface area contributed by atoms with Crippen LogP contribution in [0.1, 0.15) is 108 Å². The normalized spacial score (nSPS) is 14.6. The second kappa shape index (κ2) is 13.5. The highest BCUT2D eigenvalue weighted by molar-refractivity contribution is 6.24. The number of unbranched alkanes of at least 4 members (excludes halogenated alkanes) is 5. The topological polar surface area (TPSA) is 71.1 Å². The Labute approximate surface area is 219 Å². The average molecular weight is 501 g/mol. The van der Waals surface area contributed by atoms with Crippen LogP contribution in [0.5, 0.6) is 11.5 Å². The van der Waals surface area contributed by atoms with Crippen molar-refractivity contribution >= 4 is 19.4 Å². The van der Waals surface area contributed by atoms with Crippen LogP contribution in [0, 0.1) is 20.8 Å². The minimum Gasteiger partial charge on any atom is -0.487 e. The van der Waals surface area contributed by atoms with Gasteiger partial charge in [0.05, 0.1) is 6.61 Å². The van der Waals surface area contributed by atoms with E-state index in [0.717, 1.165) is 73.8 Å². The van der Waals surface area contributed by atoms with Crippen molar-refractivity contribution in [3.8, 4) is 11.5 Å². The summed E-state index contributed by atoms with van der Waals surface area (Å²) in [5, 5.41) is 0. The highest BCUT2D eigenvalue weighted by atomic mass is 16.6. The molecule has 1 aromatic rings. The third kappa shape index (κ3) is 9.13. The summed E-state index contributed by atoms with van der Waals surface area (Å²) in [7, 11) is 1.60. The second-order valence-corrected chi connectivity index (χ2v) is 11.2. The first-order valence-corrected chi connectivity index (χ1v) is 13.5. The summed E-state index contributed by atoms with van der Waals surface area (Å²) in [6.45, 7) is 16.2. The average Bonchev–Trinajstić information content (AvgIpc) is 2.80. The van der Waals surface area contributed by atoms with Crippen LogP contribution in [0.3, 0.4) is 0 Å². The number of benzene rings is 1. The third-order valence-corrected chi connectivity index (χ3v) is 6.88. The van der Waals surface area contributed by atoms with E-state index in [1.165, 1.54) is 5.56 Å². The molecule has 0 bridgehead atoms. The Bertz CT molecular complexity index is 906. The summed E-state index contributed by atoms with van der Waals surface area (Å²) in [5.74, 6) is 1.31. The van der Waals surface area contributed by atoms with Gasteiger partial charge in [0.15, 0.2) is 0 Å². The van der Waals surface area contributed by atoms with Crippen molar-refractivity contribution in [1.82, 2.24) is 0 Å². The number of fused-ring (bicyclic) bond motifs is 1. The zero-order chi connectivity index (χ0) is 26.9. The summed E-state index contributed by atoms with van der Waals surface area (Å²) in [4.78, 5) is 24.6. The maximum atomic E-state index is 12.6. The van der Waals surface area contributed by atoms with Gasteiger partial charge >= 0.3 is 11.9 Å². The highest BCUT2D eigenvalue weighted by Gasteiger charge is 2.31. The maximum Gasteiger partial charge on any atom is 0.311 e.